The molecule has 1 heterocycles. The Balaban J connectivity index is 2.11. The molecule has 1 atom stereocenters. The fourth-order valence-electron chi connectivity index (χ4n) is 1.70. The van der Waals surface area contributed by atoms with Crippen LogP contribution in [0.3, 0.4) is 0 Å². The molecule has 5 heteroatoms. The predicted octanol–water partition coefficient (Wildman–Crippen LogP) is 3.01. The first-order valence-corrected chi connectivity index (χ1v) is 6.98. The van der Waals surface area contributed by atoms with Crippen molar-refractivity contribution in [1.82, 2.24) is 10.3 Å². The van der Waals surface area contributed by atoms with Crippen molar-refractivity contribution in [3.05, 3.63) is 40.3 Å². The summed E-state index contributed by atoms with van der Waals surface area (Å²) in [6, 6.07) is 6.28. The molecule has 0 saturated carbocycles. The van der Waals surface area contributed by atoms with Crippen LogP contribution in [0.2, 0.25) is 0 Å². The molecule has 19 heavy (non-hydrogen) atoms. The molecule has 102 valence electrons. The third kappa shape index (κ3) is 3.45. The highest BCUT2D eigenvalue weighted by Gasteiger charge is 2.09. The molecule has 1 unspecified atom stereocenters. The van der Waals surface area contributed by atoms with Crippen molar-refractivity contribution < 1.29 is 9.47 Å². The van der Waals surface area contributed by atoms with Crippen LogP contribution in [-0.4, -0.2) is 19.1 Å². The average molecular weight is 278 g/mol. The summed E-state index contributed by atoms with van der Waals surface area (Å²) in [7, 11) is 3.59. The molecule has 0 amide bonds. The molecule has 0 fully saturated rings. The van der Waals surface area contributed by atoms with Crippen LogP contribution < -0.4 is 14.8 Å². The molecule has 0 radical (unpaired) electrons. The van der Waals surface area contributed by atoms with E-state index in [2.05, 4.69) is 17.2 Å². The maximum atomic E-state index is 5.77. The summed E-state index contributed by atoms with van der Waals surface area (Å²) in [5, 5.41) is 3.20. The third-order valence-corrected chi connectivity index (χ3v) is 3.73. The minimum atomic E-state index is 0.282. The topological polar surface area (TPSA) is 43.4 Å². The zero-order chi connectivity index (χ0) is 13.7. The second kappa shape index (κ2) is 6.54. The van der Waals surface area contributed by atoms with E-state index < -0.39 is 0 Å². The predicted molar refractivity (Wildman–Crippen MR) is 76.9 cm³/mol. The summed E-state index contributed by atoms with van der Waals surface area (Å²) >= 11 is 1.58. The van der Waals surface area contributed by atoms with Crippen LogP contribution in [0.5, 0.6) is 11.5 Å². The summed E-state index contributed by atoms with van der Waals surface area (Å²) in [6.07, 6.45) is 1.81. The van der Waals surface area contributed by atoms with Gasteiger partial charge in [0.2, 0.25) is 0 Å². The largest absolute Gasteiger partial charge is 0.493 e. The normalized spacial score (nSPS) is 12.2. The lowest BCUT2D eigenvalue weighted by Crippen LogP contribution is -2.12. The van der Waals surface area contributed by atoms with Gasteiger partial charge < -0.3 is 14.8 Å². The fraction of sp³-hybridized carbons (Fsp3) is 0.357. The number of aromatic nitrogens is 1. The van der Waals surface area contributed by atoms with Crippen LogP contribution in [0.1, 0.15) is 23.4 Å². The number of ether oxygens (including phenoxy) is 2. The van der Waals surface area contributed by atoms with Gasteiger partial charge in [0.05, 0.1) is 17.5 Å². The van der Waals surface area contributed by atoms with Gasteiger partial charge in [0.15, 0.2) is 11.5 Å². The van der Waals surface area contributed by atoms with Gasteiger partial charge in [0.1, 0.15) is 6.61 Å². The average Bonchev–Trinajstić information content (AvgIpc) is 2.97. The van der Waals surface area contributed by atoms with Crippen LogP contribution in [0.25, 0.3) is 0 Å². The van der Waals surface area contributed by atoms with Crippen molar-refractivity contribution in [2.75, 3.05) is 14.2 Å². The smallest absolute Gasteiger partial charge is 0.161 e. The minimum absolute atomic E-state index is 0.282. The molecule has 2 rings (SSSR count). The summed E-state index contributed by atoms with van der Waals surface area (Å²) in [4.78, 5) is 5.12. The molecular formula is C14H18N2O2S. The molecule has 4 nitrogen and oxygen atoms in total. The van der Waals surface area contributed by atoms with Gasteiger partial charge in [0, 0.05) is 12.2 Å². The first-order valence-electron chi connectivity index (χ1n) is 6.10. The van der Waals surface area contributed by atoms with E-state index in [-0.39, 0.29) is 6.04 Å². The molecule has 0 spiro atoms. The summed E-state index contributed by atoms with van der Waals surface area (Å²) in [6.45, 7) is 2.62. The van der Waals surface area contributed by atoms with Crippen LogP contribution in [0.4, 0.5) is 0 Å². The highest BCUT2D eigenvalue weighted by Crippen LogP contribution is 2.31. The number of nitrogens with one attached hydrogen (secondary N) is 1. The van der Waals surface area contributed by atoms with Gasteiger partial charge in [-0.1, -0.05) is 6.07 Å². The van der Waals surface area contributed by atoms with Crippen molar-refractivity contribution in [3.63, 3.8) is 0 Å². The number of hydrogen-bond acceptors (Lipinski definition) is 5. The van der Waals surface area contributed by atoms with E-state index in [1.165, 1.54) is 5.56 Å². The van der Waals surface area contributed by atoms with E-state index >= 15 is 0 Å². The van der Waals surface area contributed by atoms with Gasteiger partial charge in [-0.05, 0) is 31.7 Å². The van der Waals surface area contributed by atoms with E-state index in [0.717, 1.165) is 16.4 Å². The summed E-state index contributed by atoms with van der Waals surface area (Å²) in [5.41, 5.74) is 2.97. The number of rotatable bonds is 6. The molecule has 1 aromatic carbocycles. The van der Waals surface area contributed by atoms with Crippen molar-refractivity contribution >= 4 is 11.3 Å². The Morgan fingerprint density at radius 2 is 2.21 bits per heavy atom. The monoisotopic (exact) mass is 278 g/mol. The van der Waals surface area contributed by atoms with Gasteiger partial charge in [0.25, 0.3) is 0 Å². The Kier molecular flexibility index (Phi) is 4.76. The SMILES string of the molecule is CNC(C)c1ccc(OCc2cncs2)c(OC)c1. The molecule has 0 aliphatic rings. The van der Waals surface area contributed by atoms with Crippen LogP contribution >= 0.6 is 11.3 Å². The molecule has 1 N–H and O–H groups in total. The number of methoxy groups -OCH3 is 1. The van der Waals surface area contributed by atoms with Gasteiger partial charge in [-0.15, -0.1) is 11.3 Å². The van der Waals surface area contributed by atoms with Crippen molar-refractivity contribution in [1.29, 1.82) is 0 Å². The Morgan fingerprint density at radius 1 is 1.37 bits per heavy atom. The maximum absolute atomic E-state index is 5.77. The number of benzene rings is 1. The standard InChI is InChI=1S/C14H18N2O2S/c1-10(15-2)11-4-5-13(14(6-11)17-3)18-8-12-7-16-9-19-12/h4-7,9-10,15H,8H2,1-3H3. The van der Waals surface area contributed by atoms with Gasteiger partial charge >= 0.3 is 0 Å². The Bertz CT molecular complexity index is 514. The Hall–Kier alpha value is -1.59. The van der Waals surface area contributed by atoms with Crippen molar-refractivity contribution in [3.8, 4) is 11.5 Å². The third-order valence-electron chi connectivity index (χ3n) is 2.97. The lowest BCUT2D eigenvalue weighted by Gasteiger charge is -2.15. The first-order chi connectivity index (χ1) is 9.24. The van der Waals surface area contributed by atoms with E-state index in [9.17, 15) is 0 Å². The summed E-state index contributed by atoms with van der Waals surface area (Å²) in [5.74, 6) is 1.51. The highest BCUT2D eigenvalue weighted by molar-refractivity contribution is 7.09. The van der Waals surface area contributed by atoms with Crippen molar-refractivity contribution in [2.24, 2.45) is 0 Å². The molecule has 1 aromatic heterocycles. The van der Waals surface area contributed by atoms with E-state index in [1.807, 2.05) is 31.4 Å². The quantitative estimate of drug-likeness (QED) is 0.882. The Morgan fingerprint density at radius 3 is 2.84 bits per heavy atom. The zero-order valence-electron chi connectivity index (χ0n) is 11.3. The molecule has 0 bridgehead atoms. The Labute approximate surface area is 117 Å². The van der Waals surface area contributed by atoms with E-state index in [1.54, 1.807) is 24.0 Å². The van der Waals surface area contributed by atoms with Crippen molar-refractivity contribution in [2.45, 2.75) is 19.6 Å². The van der Waals surface area contributed by atoms with Gasteiger partial charge in [-0.25, -0.2) is 0 Å². The first kappa shape index (κ1) is 13.8. The van der Waals surface area contributed by atoms with E-state index in [4.69, 9.17) is 9.47 Å². The maximum Gasteiger partial charge on any atom is 0.161 e. The lowest BCUT2D eigenvalue weighted by molar-refractivity contribution is 0.287. The molecule has 0 saturated heterocycles. The second-order valence-corrected chi connectivity index (χ2v) is 5.15. The molecular weight excluding hydrogens is 260 g/mol. The molecule has 0 aliphatic carbocycles. The molecule has 2 aromatic rings. The van der Waals surface area contributed by atoms with Gasteiger partial charge in [-0.3, -0.25) is 4.98 Å². The summed E-state index contributed by atoms with van der Waals surface area (Å²) < 4.78 is 11.2. The number of hydrogen-bond donors (Lipinski definition) is 1. The number of thiazole rings is 1. The van der Waals surface area contributed by atoms with Crippen LogP contribution in [0.15, 0.2) is 29.9 Å². The lowest BCUT2D eigenvalue weighted by atomic mass is 10.1. The molecule has 0 aliphatic heterocycles. The van der Waals surface area contributed by atoms with Crippen LogP contribution in [-0.2, 0) is 6.61 Å². The van der Waals surface area contributed by atoms with E-state index in [0.29, 0.717) is 6.61 Å². The highest BCUT2D eigenvalue weighted by atomic mass is 32.1. The zero-order valence-corrected chi connectivity index (χ0v) is 12.2. The number of nitrogens with zero attached hydrogens (tertiary/aromatic N) is 1. The van der Waals surface area contributed by atoms with Crippen LogP contribution in [0, 0.1) is 0 Å². The van der Waals surface area contributed by atoms with Gasteiger partial charge in [-0.2, -0.15) is 0 Å². The second-order valence-electron chi connectivity index (χ2n) is 4.18. The minimum Gasteiger partial charge on any atom is -0.493 e. The fourth-order valence-corrected chi connectivity index (χ4v) is 2.21.